The van der Waals surface area contributed by atoms with Gasteiger partial charge in [-0.25, -0.2) is 4.98 Å². The van der Waals surface area contributed by atoms with Gasteiger partial charge in [-0.1, -0.05) is 23.7 Å². The highest BCUT2D eigenvalue weighted by Gasteiger charge is 2.31. The molecule has 1 N–H and O–H groups in total. The Hall–Kier alpha value is -2.28. The van der Waals surface area contributed by atoms with E-state index in [2.05, 4.69) is 15.5 Å². The van der Waals surface area contributed by atoms with E-state index in [1.54, 1.807) is 19.1 Å². The minimum Gasteiger partial charge on any atom is -0.496 e. The van der Waals surface area contributed by atoms with Crippen molar-refractivity contribution >= 4 is 23.1 Å². The molecule has 0 radical (unpaired) electrons. The van der Waals surface area contributed by atoms with Crippen molar-refractivity contribution in [3.05, 3.63) is 52.7 Å². The summed E-state index contributed by atoms with van der Waals surface area (Å²) in [5, 5.41) is 3.91. The molecule has 0 aliphatic rings. The van der Waals surface area contributed by atoms with Crippen molar-refractivity contribution in [1.29, 1.82) is 0 Å². The lowest BCUT2D eigenvalue weighted by molar-refractivity contribution is -0.137. The third-order valence-electron chi connectivity index (χ3n) is 2.99. The van der Waals surface area contributed by atoms with Crippen molar-refractivity contribution in [3.63, 3.8) is 0 Å². The van der Waals surface area contributed by atoms with Crippen molar-refractivity contribution in [2.45, 2.75) is 13.1 Å². The first kappa shape index (κ1) is 17.1. The number of aromatic nitrogens is 1. The number of hydrogen-bond acceptors (Lipinski definition) is 4. The molecule has 1 aromatic carbocycles. The van der Waals surface area contributed by atoms with Crippen molar-refractivity contribution in [3.8, 4) is 5.75 Å². The molecule has 0 saturated carbocycles. The van der Waals surface area contributed by atoms with E-state index in [1.807, 2.05) is 12.1 Å². The number of pyridine rings is 1. The molecule has 0 amide bonds. The number of benzene rings is 1. The lowest BCUT2D eigenvalue weighted by atomic mass is 10.1. The van der Waals surface area contributed by atoms with Gasteiger partial charge in [-0.3, -0.25) is 5.43 Å². The van der Waals surface area contributed by atoms with E-state index in [0.29, 0.717) is 17.7 Å². The van der Waals surface area contributed by atoms with Crippen LogP contribution in [0.5, 0.6) is 5.75 Å². The van der Waals surface area contributed by atoms with Crippen molar-refractivity contribution in [1.82, 2.24) is 4.98 Å². The normalized spacial score (nSPS) is 12.2. The van der Waals surface area contributed by atoms with Gasteiger partial charge in [0, 0.05) is 11.8 Å². The lowest BCUT2D eigenvalue weighted by Crippen LogP contribution is -2.07. The van der Waals surface area contributed by atoms with E-state index in [9.17, 15) is 13.2 Å². The fourth-order valence-corrected chi connectivity index (χ4v) is 2.02. The van der Waals surface area contributed by atoms with Crippen LogP contribution in [-0.2, 0) is 6.18 Å². The zero-order valence-electron chi connectivity index (χ0n) is 12.3. The largest absolute Gasteiger partial charge is 0.496 e. The van der Waals surface area contributed by atoms with Gasteiger partial charge >= 0.3 is 6.18 Å². The number of hydrazone groups is 1. The van der Waals surface area contributed by atoms with E-state index in [4.69, 9.17) is 16.3 Å². The fraction of sp³-hybridized carbons (Fsp3) is 0.200. The average molecular weight is 344 g/mol. The van der Waals surface area contributed by atoms with Gasteiger partial charge in [-0.05, 0) is 25.1 Å². The predicted octanol–water partition coefficient (Wildman–Crippen LogP) is 4.60. The van der Waals surface area contributed by atoms with E-state index in [-0.39, 0.29) is 10.8 Å². The van der Waals surface area contributed by atoms with E-state index in [1.165, 1.54) is 7.11 Å². The monoisotopic (exact) mass is 343 g/mol. The highest BCUT2D eigenvalue weighted by molar-refractivity contribution is 6.33. The number of hydrogen-bond donors (Lipinski definition) is 1. The number of anilines is 1. The van der Waals surface area contributed by atoms with Crippen LogP contribution in [0.25, 0.3) is 0 Å². The molecule has 122 valence electrons. The standard InChI is InChI=1S/C15H13ClF3N3O/c1-9(11-5-3-4-6-13(11)23-2)21-22-14-12(16)7-10(8-20-14)15(17,18)19/h3-8H,1-2H3,(H,20,22)/b21-9-. The Morgan fingerprint density at radius 3 is 2.61 bits per heavy atom. The molecule has 8 heteroatoms. The Labute approximate surface area is 135 Å². The van der Waals surface area contributed by atoms with Crippen molar-refractivity contribution < 1.29 is 17.9 Å². The van der Waals surface area contributed by atoms with Crippen LogP contribution in [0.2, 0.25) is 5.02 Å². The number of methoxy groups -OCH3 is 1. The number of nitrogens with zero attached hydrogens (tertiary/aromatic N) is 2. The number of nitrogens with one attached hydrogen (secondary N) is 1. The lowest BCUT2D eigenvalue weighted by Gasteiger charge is -2.10. The Bertz CT molecular complexity index is 732. The minimum atomic E-state index is -4.49. The summed E-state index contributed by atoms with van der Waals surface area (Å²) in [7, 11) is 1.54. The molecule has 1 aromatic heterocycles. The van der Waals surface area contributed by atoms with E-state index in [0.717, 1.165) is 11.6 Å². The second kappa shape index (κ2) is 6.87. The summed E-state index contributed by atoms with van der Waals surface area (Å²) in [6.45, 7) is 1.73. The maximum absolute atomic E-state index is 12.6. The summed E-state index contributed by atoms with van der Waals surface area (Å²) in [5.41, 5.74) is 2.96. The predicted molar refractivity (Wildman–Crippen MR) is 83.1 cm³/mol. The van der Waals surface area contributed by atoms with Gasteiger partial charge in [-0.15, -0.1) is 0 Å². The van der Waals surface area contributed by atoms with E-state index < -0.39 is 11.7 Å². The SMILES string of the molecule is COc1ccccc1/C(C)=N\Nc1ncc(C(F)(F)F)cc1Cl. The van der Waals surface area contributed by atoms with Crippen LogP contribution in [0.1, 0.15) is 18.1 Å². The molecule has 1 heterocycles. The second-order valence-corrected chi connectivity index (χ2v) is 4.97. The Balaban J connectivity index is 2.23. The van der Waals surface area contributed by atoms with Gasteiger partial charge in [0.05, 0.1) is 23.4 Å². The summed E-state index contributed by atoms with van der Waals surface area (Å²) in [4.78, 5) is 3.65. The molecular weight excluding hydrogens is 331 g/mol. The molecular formula is C15H13ClF3N3O. The summed E-state index contributed by atoms with van der Waals surface area (Å²) < 4.78 is 42.9. The van der Waals surface area contributed by atoms with Gasteiger partial charge in [0.2, 0.25) is 0 Å². The fourth-order valence-electron chi connectivity index (χ4n) is 1.82. The first-order valence-electron chi connectivity index (χ1n) is 6.49. The zero-order valence-corrected chi connectivity index (χ0v) is 13.0. The van der Waals surface area contributed by atoms with E-state index >= 15 is 0 Å². The van der Waals surface area contributed by atoms with Crippen molar-refractivity contribution in [2.75, 3.05) is 12.5 Å². The highest BCUT2D eigenvalue weighted by atomic mass is 35.5. The summed E-state index contributed by atoms with van der Waals surface area (Å²) in [5.74, 6) is 0.663. The second-order valence-electron chi connectivity index (χ2n) is 4.56. The van der Waals surface area contributed by atoms with Crippen LogP contribution in [0.3, 0.4) is 0 Å². The van der Waals surface area contributed by atoms with Crippen LogP contribution < -0.4 is 10.2 Å². The number of halogens is 4. The van der Waals surface area contributed by atoms with Gasteiger partial charge in [0.1, 0.15) is 5.75 Å². The van der Waals surface area contributed by atoms with Crippen LogP contribution >= 0.6 is 11.6 Å². The molecule has 0 aliphatic carbocycles. The maximum Gasteiger partial charge on any atom is 0.417 e. The molecule has 23 heavy (non-hydrogen) atoms. The molecule has 0 aliphatic heterocycles. The molecule has 0 fully saturated rings. The first-order valence-corrected chi connectivity index (χ1v) is 6.87. The molecule has 0 unspecified atom stereocenters. The average Bonchev–Trinajstić information content (AvgIpc) is 2.52. The summed E-state index contributed by atoms with van der Waals surface area (Å²) in [6.07, 6.45) is -3.80. The summed E-state index contributed by atoms with van der Waals surface area (Å²) >= 11 is 5.80. The number of ether oxygens (including phenoxy) is 1. The van der Waals surface area contributed by atoms with Gasteiger partial charge in [-0.2, -0.15) is 18.3 Å². The molecule has 0 saturated heterocycles. The highest BCUT2D eigenvalue weighted by Crippen LogP contribution is 2.32. The quantitative estimate of drug-likeness (QED) is 0.652. The smallest absolute Gasteiger partial charge is 0.417 e. The van der Waals surface area contributed by atoms with Gasteiger partial charge < -0.3 is 4.74 Å². The zero-order chi connectivity index (χ0) is 17.0. The Kier molecular flexibility index (Phi) is 5.10. The third-order valence-corrected chi connectivity index (χ3v) is 3.28. The summed E-state index contributed by atoms with van der Waals surface area (Å²) in [6, 6.07) is 8.02. The van der Waals surface area contributed by atoms with Crippen molar-refractivity contribution in [2.24, 2.45) is 5.10 Å². The molecule has 2 aromatic rings. The molecule has 4 nitrogen and oxygen atoms in total. The topological polar surface area (TPSA) is 46.5 Å². The Morgan fingerprint density at radius 1 is 1.30 bits per heavy atom. The number of rotatable bonds is 4. The van der Waals surface area contributed by atoms with Crippen LogP contribution in [0.4, 0.5) is 19.0 Å². The number of alkyl halides is 3. The molecule has 2 rings (SSSR count). The first-order chi connectivity index (χ1) is 10.8. The van der Waals surface area contributed by atoms with Crippen LogP contribution in [0.15, 0.2) is 41.6 Å². The minimum absolute atomic E-state index is 0.0360. The number of para-hydroxylation sites is 1. The maximum atomic E-state index is 12.6. The third kappa shape index (κ3) is 4.13. The molecule has 0 atom stereocenters. The molecule has 0 spiro atoms. The van der Waals surface area contributed by atoms with Crippen LogP contribution in [0, 0.1) is 0 Å². The van der Waals surface area contributed by atoms with Crippen LogP contribution in [-0.4, -0.2) is 17.8 Å². The molecule has 0 bridgehead atoms. The van der Waals surface area contributed by atoms with Gasteiger partial charge in [0.15, 0.2) is 5.82 Å². The Morgan fingerprint density at radius 2 is 2.00 bits per heavy atom. The van der Waals surface area contributed by atoms with Gasteiger partial charge in [0.25, 0.3) is 0 Å².